The lowest BCUT2D eigenvalue weighted by molar-refractivity contribution is -0.162. The van der Waals surface area contributed by atoms with Crippen molar-refractivity contribution in [3.63, 3.8) is 0 Å². The summed E-state index contributed by atoms with van der Waals surface area (Å²) in [7, 11) is 1.25. The van der Waals surface area contributed by atoms with E-state index in [1.807, 2.05) is 0 Å². The Balaban J connectivity index is 2.80. The van der Waals surface area contributed by atoms with Crippen LogP contribution in [0.25, 0.3) is 0 Å². The molecule has 0 saturated carbocycles. The second kappa shape index (κ2) is 5.74. The fraction of sp³-hybridized carbons (Fsp3) is 0.500. The van der Waals surface area contributed by atoms with Gasteiger partial charge in [-0.2, -0.15) is 4.39 Å². The number of aliphatic hydroxyl groups is 2. The summed E-state index contributed by atoms with van der Waals surface area (Å²) in [5.74, 6) is -0.957. The third-order valence-corrected chi connectivity index (χ3v) is 1.99. The first kappa shape index (κ1) is 12.8. The highest BCUT2D eigenvalue weighted by atomic mass is 19.1. The largest absolute Gasteiger partial charge is 0.478 e. The van der Waals surface area contributed by atoms with E-state index in [0.717, 1.165) is 0 Å². The van der Waals surface area contributed by atoms with Gasteiger partial charge in [0.1, 0.15) is 0 Å². The zero-order chi connectivity index (χ0) is 12.1. The smallest absolute Gasteiger partial charge is 0.255 e. The topological polar surface area (TPSA) is 71.8 Å². The van der Waals surface area contributed by atoms with Gasteiger partial charge in [-0.1, -0.05) is 0 Å². The molecule has 90 valence electrons. The van der Waals surface area contributed by atoms with E-state index in [1.54, 1.807) is 0 Å². The van der Waals surface area contributed by atoms with Crippen molar-refractivity contribution in [2.24, 2.45) is 0 Å². The maximum absolute atomic E-state index is 13.1. The molecule has 1 rings (SSSR count). The number of hydrogen-bond acceptors (Lipinski definition) is 5. The van der Waals surface area contributed by atoms with Gasteiger partial charge in [-0.3, -0.25) is 0 Å². The van der Waals surface area contributed by atoms with E-state index in [1.165, 1.54) is 32.4 Å². The Morgan fingerprint density at radius 3 is 2.62 bits per heavy atom. The van der Waals surface area contributed by atoms with Gasteiger partial charge in [0.05, 0.1) is 6.10 Å². The van der Waals surface area contributed by atoms with Crippen molar-refractivity contribution >= 4 is 0 Å². The molecule has 2 unspecified atom stereocenters. The van der Waals surface area contributed by atoms with Crippen LogP contribution in [-0.4, -0.2) is 40.8 Å². The van der Waals surface area contributed by atoms with Crippen LogP contribution in [-0.2, 0) is 4.74 Å². The summed E-state index contributed by atoms with van der Waals surface area (Å²) >= 11 is 0. The molecule has 0 radical (unpaired) electrons. The molecular formula is C10H14FNO4. The third-order valence-electron chi connectivity index (χ3n) is 1.99. The van der Waals surface area contributed by atoms with E-state index in [-0.39, 0.29) is 5.75 Å². The molecule has 0 aromatic carbocycles. The number of methoxy groups -OCH3 is 1. The molecule has 0 aliphatic carbocycles. The van der Waals surface area contributed by atoms with Crippen LogP contribution >= 0.6 is 0 Å². The Labute approximate surface area is 92.5 Å². The van der Waals surface area contributed by atoms with Gasteiger partial charge in [0.15, 0.2) is 18.1 Å². The molecule has 0 aliphatic heterocycles. The van der Waals surface area contributed by atoms with E-state index in [4.69, 9.17) is 4.74 Å². The van der Waals surface area contributed by atoms with E-state index >= 15 is 0 Å². The average Bonchev–Trinajstić information content (AvgIpc) is 2.26. The van der Waals surface area contributed by atoms with Crippen LogP contribution in [0.3, 0.4) is 0 Å². The minimum Gasteiger partial charge on any atom is -0.478 e. The van der Waals surface area contributed by atoms with Gasteiger partial charge in [0, 0.05) is 13.3 Å². The third kappa shape index (κ3) is 3.13. The lowest BCUT2D eigenvalue weighted by Crippen LogP contribution is -2.41. The summed E-state index contributed by atoms with van der Waals surface area (Å²) in [6, 6.07) is 2.83. The highest BCUT2D eigenvalue weighted by molar-refractivity contribution is 5.18. The van der Waals surface area contributed by atoms with Crippen LogP contribution < -0.4 is 4.74 Å². The van der Waals surface area contributed by atoms with Crippen LogP contribution in [0, 0.1) is 5.95 Å². The molecule has 1 aromatic rings. The standard InChI is InChI=1S/C10H14FNO4/c1-6(13)8(10(14)15-2)16-7-4-3-5-12-9(7)11/h3-6,8,10,13-14H,1-2H3/t6-,8?,10?/m0/s1. The van der Waals surface area contributed by atoms with E-state index in [9.17, 15) is 14.6 Å². The quantitative estimate of drug-likeness (QED) is 0.564. The number of ether oxygens (including phenoxy) is 2. The molecule has 1 aromatic heterocycles. The fourth-order valence-corrected chi connectivity index (χ4v) is 1.13. The zero-order valence-corrected chi connectivity index (χ0v) is 9.00. The van der Waals surface area contributed by atoms with Gasteiger partial charge in [-0.05, 0) is 19.1 Å². The highest BCUT2D eigenvalue weighted by Crippen LogP contribution is 2.17. The molecule has 16 heavy (non-hydrogen) atoms. The highest BCUT2D eigenvalue weighted by Gasteiger charge is 2.27. The molecule has 0 bridgehead atoms. The molecule has 0 fully saturated rings. The van der Waals surface area contributed by atoms with Crippen molar-refractivity contribution in [3.05, 3.63) is 24.3 Å². The summed E-state index contributed by atoms with van der Waals surface area (Å²) in [5, 5.41) is 18.7. The normalized spacial score (nSPS) is 16.6. The molecule has 0 amide bonds. The lowest BCUT2D eigenvalue weighted by atomic mass is 10.2. The summed E-state index contributed by atoms with van der Waals surface area (Å²) in [4.78, 5) is 3.38. The molecule has 2 N–H and O–H groups in total. The Hall–Kier alpha value is -1.24. The van der Waals surface area contributed by atoms with Crippen molar-refractivity contribution in [3.8, 4) is 5.75 Å². The maximum Gasteiger partial charge on any atom is 0.255 e. The number of pyridine rings is 1. The van der Waals surface area contributed by atoms with Gasteiger partial charge in [-0.15, -0.1) is 0 Å². The minimum absolute atomic E-state index is 0.149. The predicted octanol–water partition coefficient (Wildman–Crippen LogP) is 0.314. The van der Waals surface area contributed by atoms with Crippen LogP contribution in [0.2, 0.25) is 0 Å². The van der Waals surface area contributed by atoms with Crippen molar-refractivity contribution in [2.75, 3.05) is 7.11 Å². The summed E-state index contributed by atoms with van der Waals surface area (Å²) in [6.45, 7) is 1.40. The lowest BCUT2D eigenvalue weighted by Gasteiger charge is -2.25. The number of rotatable bonds is 5. The van der Waals surface area contributed by atoms with Gasteiger partial charge >= 0.3 is 0 Å². The van der Waals surface area contributed by atoms with Gasteiger partial charge in [-0.25, -0.2) is 4.98 Å². The second-order valence-electron chi connectivity index (χ2n) is 3.24. The Morgan fingerprint density at radius 1 is 1.44 bits per heavy atom. The second-order valence-corrected chi connectivity index (χ2v) is 3.24. The molecule has 1 heterocycles. The molecule has 6 heteroatoms. The van der Waals surface area contributed by atoms with Gasteiger partial charge in [0.25, 0.3) is 5.95 Å². The van der Waals surface area contributed by atoms with E-state index in [2.05, 4.69) is 9.72 Å². The minimum atomic E-state index is -1.35. The van der Waals surface area contributed by atoms with E-state index < -0.39 is 24.4 Å². The van der Waals surface area contributed by atoms with Crippen molar-refractivity contribution in [1.82, 2.24) is 4.98 Å². The molecule has 0 spiro atoms. The van der Waals surface area contributed by atoms with E-state index in [0.29, 0.717) is 0 Å². The Bertz CT molecular complexity index is 334. The zero-order valence-electron chi connectivity index (χ0n) is 9.00. The Kier molecular flexibility index (Phi) is 4.60. The molecular weight excluding hydrogens is 217 g/mol. The number of aromatic nitrogens is 1. The molecule has 0 aliphatic rings. The first-order chi connectivity index (χ1) is 7.56. The molecule has 5 nitrogen and oxygen atoms in total. The predicted molar refractivity (Wildman–Crippen MR) is 53.3 cm³/mol. The number of aliphatic hydroxyl groups excluding tert-OH is 2. The number of halogens is 1. The average molecular weight is 231 g/mol. The van der Waals surface area contributed by atoms with Crippen LogP contribution in [0.1, 0.15) is 6.92 Å². The molecule has 0 saturated heterocycles. The molecule has 3 atom stereocenters. The van der Waals surface area contributed by atoms with Crippen molar-refractivity contribution in [1.29, 1.82) is 0 Å². The Morgan fingerprint density at radius 2 is 2.12 bits per heavy atom. The number of nitrogens with zero attached hydrogens (tertiary/aromatic N) is 1. The van der Waals surface area contributed by atoms with Gasteiger partial charge in [0.2, 0.25) is 0 Å². The number of hydrogen-bond donors (Lipinski definition) is 2. The summed E-state index contributed by atoms with van der Waals surface area (Å²) in [6.07, 6.45) is -2.18. The van der Waals surface area contributed by atoms with Gasteiger partial charge < -0.3 is 19.7 Å². The SMILES string of the molecule is COC(O)C(Oc1cccnc1F)[C@H](C)O. The first-order valence-electron chi connectivity index (χ1n) is 4.72. The summed E-state index contributed by atoms with van der Waals surface area (Å²) < 4.78 is 22.9. The maximum atomic E-state index is 13.1. The van der Waals surface area contributed by atoms with Crippen LogP contribution in [0.5, 0.6) is 5.75 Å². The van der Waals surface area contributed by atoms with Crippen LogP contribution in [0.4, 0.5) is 4.39 Å². The fourth-order valence-electron chi connectivity index (χ4n) is 1.13. The summed E-state index contributed by atoms with van der Waals surface area (Å²) in [5.41, 5.74) is 0. The van der Waals surface area contributed by atoms with Crippen molar-refractivity contribution in [2.45, 2.75) is 25.4 Å². The monoisotopic (exact) mass is 231 g/mol. The van der Waals surface area contributed by atoms with Crippen molar-refractivity contribution < 1.29 is 24.1 Å². The van der Waals surface area contributed by atoms with Crippen LogP contribution in [0.15, 0.2) is 18.3 Å². The first-order valence-corrected chi connectivity index (χ1v) is 4.72.